The van der Waals surface area contributed by atoms with Crippen LogP contribution < -0.4 is 22.3 Å². The Bertz CT molecular complexity index is 391. The van der Waals surface area contributed by atoms with Crippen LogP contribution in [0.4, 0.5) is 20.3 Å². The molecule has 8 heteroatoms. The minimum absolute atomic E-state index is 0.0770. The molecule has 0 aromatic carbocycles. The predicted octanol–water partition coefficient (Wildman–Crippen LogP) is -0.642. The molecule has 1 heterocycles. The van der Waals surface area contributed by atoms with E-state index in [1.165, 1.54) is 0 Å². The summed E-state index contributed by atoms with van der Waals surface area (Å²) >= 11 is 0. The second-order valence-corrected chi connectivity index (χ2v) is 2.91. The molecule has 0 aliphatic rings. The zero-order valence-electron chi connectivity index (χ0n) is 7.76. The normalized spacial score (nSPS) is 11.4. The van der Waals surface area contributed by atoms with E-state index in [2.05, 4.69) is 15.3 Å². The van der Waals surface area contributed by atoms with Crippen LogP contribution in [0.2, 0.25) is 0 Å². The molecule has 0 unspecified atom stereocenters. The van der Waals surface area contributed by atoms with E-state index in [1.807, 2.05) is 0 Å². The molecule has 0 radical (unpaired) electrons. The Hall–Kier alpha value is -1.70. The van der Waals surface area contributed by atoms with Crippen molar-refractivity contribution >= 4 is 11.5 Å². The summed E-state index contributed by atoms with van der Waals surface area (Å²) in [4.78, 5) is 16.8. The molecular formula is C7H11F2N5O. The number of hydrogen-bond donors (Lipinski definition) is 4. The van der Waals surface area contributed by atoms with E-state index in [4.69, 9.17) is 11.5 Å². The van der Waals surface area contributed by atoms with E-state index in [0.29, 0.717) is 0 Å². The van der Waals surface area contributed by atoms with Gasteiger partial charge < -0.3 is 21.8 Å². The minimum atomic E-state index is -3.06. The Labute approximate surface area is 83.7 Å². The summed E-state index contributed by atoms with van der Waals surface area (Å²) in [5.74, 6) is -3.14. The fourth-order valence-corrected chi connectivity index (χ4v) is 0.836. The van der Waals surface area contributed by atoms with Crippen molar-refractivity contribution in [2.75, 3.05) is 24.1 Å². The zero-order valence-corrected chi connectivity index (χ0v) is 7.76. The maximum absolute atomic E-state index is 12.7. The number of H-pyrrole nitrogens is 1. The van der Waals surface area contributed by atoms with Crippen molar-refractivity contribution in [2.24, 2.45) is 5.73 Å². The summed E-state index contributed by atoms with van der Waals surface area (Å²) in [6.07, 6.45) is 1.07. The molecule has 1 rings (SSSR count). The Balaban J connectivity index is 2.74. The van der Waals surface area contributed by atoms with E-state index in [1.54, 1.807) is 0 Å². The van der Waals surface area contributed by atoms with Gasteiger partial charge >= 0.3 is 0 Å². The number of aromatic nitrogens is 2. The molecule has 0 atom stereocenters. The molecule has 0 saturated heterocycles. The summed E-state index contributed by atoms with van der Waals surface area (Å²) in [6.45, 7) is -1.51. The number of rotatable bonds is 4. The van der Waals surface area contributed by atoms with Gasteiger partial charge in [-0.25, -0.2) is 13.8 Å². The molecule has 6 nitrogen and oxygen atoms in total. The number of hydrogen-bond acceptors (Lipinski definition) is 5. The highest BCUT2D eigenvalue weighted by Crippen LogP contribution is 2.14. The van der Waals surface area contributed by atoms with Gasteiger partial charge in [-0.15, -0.1) is 0 Å². The molecule has 0 saturated carbocycles. The average molecular weight is 219 g/mol. The Kier molecular flexibility index (Phi) is 3.20. The summed E-state index contributed by atoms with van der Waals surface area (Å²) in [6, 6.07) is 0. The van der Waals surface area contributed by atoms with Gasteiger partial charge in [-0.3, -0.25) is 4.79 Å². The van der Waals surface area contributed by atoms with E-state index in [9.17, 15) is 13.6 Å². The molecule has 0 bridgehead atoms. The first-order valence-corrected chi connectivity index (χ1v) is 4.11. The van der Waals surface area contributed by atoms with Crippen molar-refractivity contribution in [3.63, 3.8) is 0 Å². The van der Waals surface area contributed by atoms with E-state index >= 15 is 0 Å². The number of nitrogens with one attached hydrogen (secondary N) is 2. The maximum Gasteiger partial charge on any atom is 0.276 e. The Morgan fingerprint density at radius 1 is 1.60 bits per heavy atom. The van der Waals surface area contributed by atoms with Crippen LogP contribution in [-0.2, 0) is 0 Å². The van der Waals surface area contributed by atoms with Gasteiger partial charge in [0.25, 0.3) is 11.5 Å². The minimum Gasteiger partial charge on any atom is -0.391 e. The van der Waals surface area contributed by atoms with Gasteiger partial charge in [0.1, 0.15) is 5.69 Å². The summed E-state index contributed by atoms with van der Waals surface area (Å²) in [7, 11) is 0. The second-order valence-electron chi connectivity index (χ2n) is 2.91. The van der Waals surface area contributed by atoms with Gasteiger partial charge in [-0.1, -0.05) is 0 Å². The van der Waals surface area contributed by atoms with Crippen LogP contribution in [0.3, 0.4) is 0 Å². The molecule has 15 heavy (non-hydrogen) atoms. The fourth-order valence-electron chi connectivity index (χ4n) is 0.836. The Morgan fingerprint density at radius 3 is 2.87 bits per heavy atom. The van der Waals surface area contributed by atoms with Crippen molar-refractivity contribution in [1.82, 2.24) is 9.97 Å². The van der Waals surface area contributed by atoms with Gasteiger partial charge in [0.15, 0.2) is 5.82 Å². The first-order chi connectivity index (χ1) is 6.96. The first kappa shape index (κ1) is 11.4. The van der Waals surface area contributed by atoms with E-state index in [0.717, 1.165) is 6.33 Å². The number of nitrogens with two attached hydrogens (primary N) is 2. The van der Waals surface area contributed by atoms with E-state index in [-0.39, 0.29) is 11.5 Å². The molecule has 0 aliphatic heterocycles. The number of aromatic amines is 1. The number of nitrogens with zero attached hydrogens (tertiary/aromatic N) is 1. The van der Waals surface area contributed by atoms with Crippen LogP contribution >= 0.6 is 0 Å². The predicted molar refractivity (Wildman–Crippen MR) is 51.8 cm³/mol. The Morgan fingerprint density at radius 2 is 2.27 bits per heavy atom. The first-order valence-electron chi connectivity index (χ1n) is 4.11. The summed E-state index contributed by atoms with van der Waals surface area (Å²) < 4.78 is 25.5. The quantitative estimate of drug-likeness (QED) is 0.538. The monoisotopic (exact) mass is 219 g/mol. The second kappa shape index (κ2) is 4.22. The van der Waals surface area contributed by atoms with Crippen LogP contribution in [-0.4, -0.2) is 29.0 Å². The standard InChI is InChI=1S/C7H11F2N5O/c8-7(9,1-10)2-12-5-4(11)6(15)14-3-13-5/h3H,1-2,10-11H2,(H2,12,13,14,15). The van der Waals surface area contributed by atoms with Crippen LogP contribution in [0, 0.1) is 0 Å². The van der Waals surface area contributed by atoms with Gasteiger partial charge in [0, 0.05) is 0 Å². The van der Waals surface area contributed by atoms with Gasteiger partial charge in [0.05, 0.1) is 19.4 Å². The third-order valence-electron chi connectivity index (χ3n) is 1.70. The number of anilines is 2. The average Bonchev–Trinajstić information content (AvgIpc) is 2.20. The molecule has 0 amide bonds. The third kappa shape index (κ3) is 2.88. The lowest BCUT2D eigenvalue weighted by atomic mass is 10.3. The molecule has 6 N–H and O–H groups in total. The van der Waals surface area contributed by atoms with Crippen molar-refractivity contribution in [2.45, 2.75) is 5.92 Å². The molecule has 0 aliphatic carbocycles. The van der Waals surface area contributed by atoms with Crippen LogP contribution in [0.1, 0.15) is 0 Å². The van der Waals surface area contributed by atoms with Gasteiger partial charge in [-0.2, -0.15) is 0 Å². The van der Waals surface area contributed by atoms with Crippen LogP contribution in [0.25, 0.3) is 0 Å². The van der Waals surface area contributed by atoms with Gasteiger partial charge in [-0.05, 0) is 0 Å². The van der Waals surface area contributed by atoms with Crippen LogP contribution in [0.15, 0.2) is 11.1 Å². The zero-order chi connectivity index (χ0) is 11.5. The number of alkyl halides is 2. The lowest BCUT2D eigenvalue weighted by Crippen LogP contribution is -2.36. The highest BCUT2D eigenvalue weighted by molar-refractivity contribution is 5.58. The lowest BCUT2D eigenvalue weighted by Gasteiger charge is -2.15. The number of halogens is 2. The maximum atomic E-state index is 12.7. The van der Waals surface area contributed by atoms with Crippen molar-refractivity contribution in [1.29, 1.82) is 0 Å². The molecule has 0 fully saturated rings. The van der Waals surface area contributed by atoms with Gasteiger partial charge in [0.2, 0.25) is 0 Å². The SMILES string of the molecule is NCC(F)(F)CNc1nc[nH]c(=O)c1N. The topological polar surface area (TPSA) is 110 Å². The lowest BCUT2D eigenvalue weighted by molar-refractivity contribution is 0.0253. The molecular weight excluding hydrogens is 208 g/mol. The van der Waals surface area contributed by atoms with Crippen molar-refractivity contribution in [3.05, 3.63) is 16.7 Å². The fraction of sp³-hybridized carbons (Fsp3) is 0.429. The summed E-state index contributed by atoms with van der Waals surface area (Å²) in [5.41, 5.74) is 9.33. The third-order valence-corrected chi connectivity index (χ3v) is 1.70. The van der Waals surface area contributed by atoms with E-state index < -0.39 is 24.6 Å². The smallest absolute Gasteiger partial charge is 0.276 e. The highest BCUT2D eigenvalue weighted by Gasteiger charge is 2.26. The molecule has 0 spiro atoms. The molecule has 84 valence electrons. The van der Waals surface area contributed by atoms with Crippen molar-refractivity contribution < 1.29 is 8.78 Å². The van der Waals surface area contributed by atoms with Crippen LogP contribution in [0.5, 0.6) is 0 Å². The molecule has 1 aromatic heterocycles. The highest BCUT2D eigenvalue weighted by atomic mass is 19.3. The molecule has 1 aromatic rings. The number of nitrogen functional groups attached to an aromatic ring is 1. The summed E-state index contributed by atoms with van der Waals surface area (Å²) in [5, 5.41) is 2.26. The van der Waals surface area contributed by atoms with Crippen molar-refractivity contribution in [3.8, 4) is 0 Å². The largest absolute Gasteiger partial charge is 0.391 e.